The van der Waals surface area contributed by atoms with Gasteiger partial charge in [0.2, 0.25) is 10.0 Å². The number of H-pyrrole nitrogens is 1. The first kappa shape index (κ1) is 14.0. The lowest BCUT2D eigenvalue weighted by Gasteiger charge is -2.04. The largest absolute Gasteiger partial charge is 0.346 e. The lowest BCUT2D eigenvalue weighted by atomic mass is 10.2. The highest BCUT2D eigenvalue weighted by Gasteiger charge is 2.03. The molecular formula is C12H18N4O2S. The molecule has 0 spiro atoms. The number of sulfonamides is 1. The summed E-state index contributed by atoms with van der Waals surface area (Å²) in [5.74, 6) is 0. The molecule has 0 bridgehead atoms. The van der Waals surface area contributed by atoms with Crippen LogP contribution in [0.5, 0.6) is 0 Å². The van der Waals surface area contributed by atoms with Crippen molar-refractivity contribution in [3.8, 4) is 0 Å². The number of hydrogen-bond donors (Lipinski definition) is 3. The molecule has 2 aromatic heterocycles. The Morgan fingerprint density at radius 2 is 2.21 bits per heavy atom. The Bertz CT molecular complexity index is 636. The number of pyridine rings is 1. The van der Waals surface area contributed by atoms with E-state index in [0.717, 1.165) is 30.5 Å². The molecule has 0 fully saturated rings. The second-order valence-electron chi connectivity index (χ2n) is 4.41. The summed E-state index contributed by atoms with van der Waals surface area (Å²) >= 11 is 0. The molecule has 104 valence electrons. The zero-order valence-electron chi connectivity index (χ0n) is 10.8. The average molecular weight is 282 g/mol. The number of fused-ring (bicyclic) bond motifs is 1. The molecule has 2 aromatic rings. The van der Waals surface area contributed by atoms with Crippen LogP contribution in [0.2, 0.25) is 0 Å². The molecule has 0 saturated carbocycles. The van der Waals surface area contributed by atoms with Gasteiger partial charge in [-0.3, -0.25) is 0 Å². The van der Waals surface area contributed by atoms with Gasteiger partial charge in [0, 0.05) is 30.9 Å². The molecule has 0 aliphatic rings. The van der Waals surface area contributed by atoms with Gasteiger partial charge in [-0.05, 0) is 30.7 Å². The third-order valence-electron chi connectivity index (χ3n) is 2.75. The van der Waals surface area contributed by atoms with Crippen molar-refractivity contribution in [3.05, 3.63) is 30.1 Å². The quantitative estimate of drug-likeness (QED) is 0.649. The minimum Gasteiger partial charge on any atom is -0.346 e. The molecule has 0 aliphatic heterocycles. The molecule has 0 saturated heterocycles. The Labute approximate surface area is 112 Å². The summed E-state index contributed by atoms with van der Waals surface area (Å²) < 4.78 is 24.2. The first-order valence-corrected chi connectivity index (χ1v) is 8.02. The lowest BCUT2D eigenvalue weighted by molar-refractivity contribution is 0.579. The van der Waals surface area contributed by atoms with Gasteiger partial charge in [-0.15, -0.1) is 0 Å². The number of hydrogen-bond acceptors (Lipinski definition) is 4. The summed E-state index contributed by atoms with van der Waals surface area (Å²) in [6, 6.07) is 3.94. The summed E-state index contributed by atoms with van der Waals surface area (Å²) in [6.45, 7) is 1.96. The molecule has 7 heteroatoms. The first-order chi connectivity index (χ1) is 9.06. The lowest BCUT2D eigenvalue weighted by Crippen LogP contribution is -2.26. The summed E-state index contributed by atoms with van der Waals surface area (Å²) in [6.07, 6.45) is 5.62. The summed E-state index contributed by atoms with van der Waals surface area (Å²) in [5.41, 5.74) is 2.05. The van der Waals surface area contributed by atoms with E-state index in [-0.39, 0.29) is 0 Å². The van der Waals surface area contributed by atoms with Crippen molar-refractivity contribution >= 4 is 21.1 Å². The molecule has 0 atom stereocenters. The smallest absolute Gasteiger partial charge is 0.208 e. The van der Waals surface area contributed by atoms with Crippen LogP contribution >= 0.6 is 0 Å². The molecule has 0 aliphatic carbocycles. The number of aromatic nitrogens is 2. The highest BCUT2D eigenvalue weighted by atomic mass is 32.2. The van der Waals surface area contributed by atoms with E-state index in [2.05, 4.69) is 20.0 Å². The third-order valence-corrected chi connectivity index (χ3v) is 3.48. The summed E-state index contributed by atoms with van der Waals surface area (Å²) in [7, 11) is -3.07. The molecule has 2 rings (SSSR count). The summed E-state index contributed by atoms with van der Waals surface area (Å²) in [4.78, 5) is 7.34. The molecule has 0 aromatic carbocycles. The van der Waals surface area contributed by atoms with Gasteiger partial charge in [0.25, 0.3) is 0 Å². The number of rotatable bonds is 7. The zero-order valence-corrected chi connectivity index (χ0v) is 11.6. The van der Waals surface area contributed by atoms with Crippen molar-refractivity contribution < 1.29 is 8.42 Å². The monoisotopic (exact) mass is 282 g/mol. The molecular weight excluding hydrogens is 264 g/mol. The topological polar surface area (TPSA) is 86.9 Å². The van der Waals surface area contributed by atoms with Crippen LogP contribution in [0.4, 0.5) is 0 Å². The Balaban J connectivity index is 1.74. The maximum Gasteiger partial charge on any atom is 0.208 e. The molecule has 2 heterocycles. The Kier molecular flexibility index (Phi) is 4.52. The van der Waals surface area contributed by atoms with E-state index in [1.165, 1.54) is 11.8 Å². The maximum absolute atomic E-state index is 10.9. The normalized spacial score (nSPS) is 12.1. The van der Waals surface area contributed by atoms with Crippen molar-refractivity contribution in [3.63, 3.8) is 0 Å². The highest BCUT2D eigenvalue weighted by molar-refractivity contribution is 7.88. The van der Waals surface area contributed by atoms with Crippen LogP contribution in [-0.4, -0.2) is 37.7 Å². The van der Waals surface area contributed by atoms with Gasteiger partial charge in [0.15, 0.2) is 0 Å². The summed E-state index contributed by atoms with van der Waals surface area (Å²) in [5, 5.41) is 4.40. The van der Waals surface area contributed by atoms with E-state index in [0.29, 0.717) is 6.54 Å². The molecule has 6 nitrogen and oxygen atoms in total. The van der Waals surface area contributed by atoms with Crippen molar-refractivity contribution in [1.29, 1.82) is 0 Å². The predicted molar refractivity (Wildman–Crippen MR) is 75.3 cm³/mol. The second-order valence-corrected chi connectivity index (χ2v) is 6.24. The van der Waals surface area contributed by atoms with Crippen LogP contribution in [0.25, 0.3) is 11.0 Å². The maximum atomic E-state index is 10.9. The average Bonchev–Trinajstić information content (AvgIpc) is 2.76. The van der Waals surface area contributed by atoms with Gasteiger partial charge in [-0.25, -0.2) is 18.1 Å². The van der Waals surface area contributed by atoms with Crippen LogP contribution in [0.15, 0.2) is 24.5 Å². The number of nitrogens with zero attached hydrogens (tertiary/aromatic N) is 1. The van der Waals surface area contributed by atoms with Crippen LogP contribution in [0, 0.1) is 0 Å². The first-order valence-electron chi connectivity index (χ1n) is 6.12. The molecule has 19 heavy (non-hydrogen) atoms. The van der Waals surface area contributed by atoms with E-state index < -0.39 is 10.0 Å². The van der Waals surface area contributed by atoms with Gasteiger partial charge < -0.3 is 10.3 Å². The van der Waals surface area contributed by atoms with Gasteiger partial charge in [0.05, 0.1) is 6.26 Å². The van der Waals surface area contributed by atoms with E-state index in [9.17, 15) is 8.42 Å². The predicted octanol–water partition coefficient (Wildman–Crippen LogP) is 0.592. The third kappa shape index (κ3) is 4.30. The number of nitrogens with one attached hydrogen (secondary N) is 3. The van der Waals surface area contributed by atoms with Crippen LogP contribution in [-0.2, 0) is 16.6 Å². The van der Waals surface area contributed by atoms with Gasteiger partial charge in [-0.1, -0.05) is 0 Å². The van der Waals surface area contributed by atoms with Crippen molar-refractivity contribution in [2.75, 3.05) is 19.3 Å². The minimum atomic E-state index is -3.07. The molecule has 0 unspecified atom stereocenters. The van der Waals surface area contributed by atoms with E-state index >= 15 is 0 Å². The Morgan fingerprint density at radius 3 is 3.00 bits per heavy atom. The van der Waals surface area contributed by atoms with Crippen molar-refractivity contribution in [1.82, 2.24) is 20.0 Å². The fourth-order valence-electron chi connectivity index (χ4n) is 1.85. The zero-order chi connectivity index (χ0) is 13.7. The second kappa shape index (κ2) is 6.14. The van der Waals surface area contributed by atoms with Crippen molar-refractivity contribution in [2.45, 2.75) is 13.0 Å². The van der Waals surface area contributed by atoms with E-state index in [4.69, 9.17) is 0 Å². The molecule has 0 amide bonds. The van der Waals surface area contributed by atoms with Crippen LogP contribution in [0.1, 0.15) is 12.0 Å². The Morgan fingerprint density at radius 1 is 1.37 bits per heavy atom. The minimum absolute atomic E-state index is 0.460. The fourth-order valence-corrected chi connectivity index (χ4v) is 2.37. The Hall–Kier alpha value is -1.44. The van der Waals surface area contributed by atoms with Gasteiger partial charge >= 0.3 is 0 Å². The standard InChI is InChI=1S/C12H18N4O2S/c1-19(17,18)16-7-3-5-13-8-10-9-15-12-11(10)4-2-6-14-12/h2,4,6,9,13,16H,3,5,7-8H2,1H3,(H,14,15). The van der Waals surface area contributed by atoms with Crippen LogP contribution in [0.3, 0.4) is 0 Å². The van der Waals surface area contributed by atoms with Gasteiger partial charge in [0.1, 0.15) is 5.65 Å². The van der Waals surface area contributed by atoms with Crippen molar-refractivity contribution in [2.24, 2.45) is 0 Å². The van der Waals surface area contributed by atoms with Crippen LogP contribution < -0.4 is 10.0 Å². The highest BCUT2D eigenvalue weighted by Crippen LogP contribution is 2.14. The van der Waals surface area contributed by atoms with E-state index in [1.54, 1.807) is 6.20 Å². The molecule has 0 radical (unpaired) electrons. The number of aromatic amines is 1. The molecule has 3 N–H and O–H groups in total. The fraction of sp³-hybridized carbons (Fsp3) is 0.417. The SMILES string of the molecule is CS(=O)(=O)NCCCNCc1c[nH]c2ncccc12. The van der Waals surface area contributed by atoms with E-state index in [1.807, 2.05) is 18.3 Å². The van der Waals surface area contributed by atoms with Gasteiger partial charge in [-0.2, -0.15) is 0 Å².